The average Bonchev–Trinajstić information content (AvgIpc) is 3.50. The summed E-state index contributed by atoms with van der Waals surface area (Å²) < 4.78 is 24.1. The van der Waals surface area contributed by atoms with Gasteiger partial charge in [0.05, 0.1) is 24.2 Å². The molecule has 0 bridgehead atoms. The SMILES string of the molecule is CCc1nc2ccccc2n1-c1nc(N2CCOCC2)c2nc(C(=O)N3CCCC(C(C)(C)F)C3)n(C)c2n1. The largest absolute Gasteiger partial charge is 0.378 e. The maximum absolute atomic E-state index is 14.8. The molecule has 0 spiro atoms. The Hall–Kier alpha value is -3.60. The van der Waals surface area contributed by atoms with E-state index in [-0.39, 0.29) is 17.6 Å². The molecule has 0 saturated carbocycles. The van der Waals surface area contributed by atoms with Gasteiger partial charge in [0.1, 0.15) is 11.5 Å². The minimum absolute atomic E-state index is 0.206. The molecule has 4 aromatic rings. The molecule has 10 nitrogen and oxygen atoms in total. The molecule has 3 aromatic heterocycles. The third kappa shape index (κ3) is 4.52. The van der Waals surface area contributed by atoms with Crippen molar-refractivity contribution in [3.8, 4) is 5.95 Å². The zero-order chi connectivity index (χ0) is 27.3. The Kier molecular flexibility index (Phi) is 6.49. The predicted octanol–water partition coefficient (Wildman–Crippen LogP) is 3.70. The summed E-state index contributed by atoms with van der Waals surface area (Å²) >= 11 is 0. The monoisotopic (exact) mass is 534 g/mol. The lowest BCUT2D eigenvalue weighted by Crippen LogP contribution is -2.46. The number of alkyl halides is 1. The molecule has 2 fully saturated rings. The van der Waals surface area contributed by atoms with E-state index in [0.717, 1.165) is 29.7 Å². The average molecular weight is 535 g/mol. The highest BCUT2D eigenvalue weighted by Crippen LogP contribution is 2.32. The van der Waals surface area contributed by atoms with Crippen LogP contribution < -0.4 is 4.90 Å². The van der Waals surface area contributed by atoms with Crippen molar-refractivity contribution >= 4 is 33.9 Å². The minimum atomic E-state index is -1.35. The molecular weight excluding hydrogens is 499 g/mol. The normalized spacial score (nSPS) is 18.8. The van der Waals surface area contributed by atoms with Gasteiger partial charge in [0.2, 0.25) is 11.8 Å². The number of carbonyl (C=O) groups is 1. The number of amides is 1. The second-order valence-electron chi connectivity index (χ2n) is 11.0. The smallest absolute Gasteiger partial charge is 0.289 e. The van der Waals surface area contributed by atoms with Crippen molar-refractivity contribution in [1.82, 2.24) is 34.0 Å². The molecule has 6 rings (SSSR count). The van der Waals surface area contributed by atoms with E-state index >= 15 is 0 Å². The van der Waals surface area contributed by atoms with E-state index in [4.69, 9.17) is 24.7 Å². The molecule has 0 N–H and O–H groups in total. The summed E-state index contributed by atoms with van der Waals surface area (Å²) in [5, 5.41) is 0. The fourth-order valence-corrected chi connectivity index (χ4v) is 5.72. The van der Waals surface area contributed by atoms with Gasteiger partial charge < -0.3 is 19.1 Å². The number of carbonyl (C=O) groups excluding carboxylic acids is 1. The highest BCUT2D eigenvalue weighted by molar-refractivity contribution is 5.96. The number of para-hydroxylation sites is 2. The summed E-state index contributed by atoms with van der Waals surface area (Å²) in [7, 11) is 1.82. The molecule has 1 atom stereocenters. The van der Waals surface area contributed by atoms with Crippen LogP contribution in [0.1, 0.15) is 50.1 Å². The molecule has 0 aliphatic carbocycles. The minimum Gasteiger partial charge on any atom is -0.378 e. The number of halogens is 1. The van der Waals surface area contributed by atoms with Crippen LogP contribution in [0.5, 0.6) is 0 Å². The first-order valence-electron chi connectivity index (χ1n) is 13.8. The maximum Gasteiger partial charge on any atom is 0.289 e. The molecule has 2 aliphatic heterocycles. The second kappa shape index (κ2) is 9.86. The van der Waals surface area contributed by atoms with E-state index in [2.05, 4.69) is 11.8 Å². The third-order valence-corrected chi connectivity index (χ3v) is 8.02. The molecule has 2 saturated heterocycles. The third-order valence-electron chi connectivity index (χ3n) is 8.02. The number of imidazole rings is 2. The lowest BCUT2D eigenvalue weighted by molar-refractivity contribution is 0.0399. The van der Waals surface area contributed by atoms with Gasteiger partial charge in [-0.25, -0.2) is 14.4 Å². The Bertz CT molecular complexity index is 1530. The first kappa shape index (κ1) is 25.7. The van der Waals surface area contributed by atoms with Gasteiger partial charge in [0.25, 0.3) is 5.91 Å². The quantitative estimate of drug-likeness (QED) is 0.385. The van der Waals surface area contributed by atoms with E-state index in [9.17, 15) is 9.18 Å². The number of hydrogen-bond acceptors (Lipinski definition) is 7. The Morgan fingerprint density at radius 2 is 1.87 bits per heavy atom. The van der Waals surface area contributed by atoms with Gasteiger partial charge in [-0.1, -0.05) is 19.1 Å². The highest BCUT2D eigenvalue weighted by atomic mass is 19.1. The number of benzene rings is 1. The molecule has 39 heavy (non-hydrogen) atoms. The second-order valence-corrected chi connectivity index (χ2v) is 11.0. The van der Waals surface area contributed by atoms with Gasteiger partial charge in [0, 0.05) is 45.6 Å². The van der Waals surface area contributed by atoms with Crippen LogP contribution in [0.3, 0.4) is 0 Å². The van der Waals surface area contributed by atoms with Crippen molar-refractivity contribution in [3.05, 3.63) is 35.9 Å². The van der Waals surface area contributed by atoms with Crippen LogP contribution in [0.15, 0.2) is 24.3 Å². The summed E-state index contributed by atoms with van der Waals surface area (Å²) in [6, 6.07) is 7.95. The van der Waals surface area contributed by atoms with Gasteiger partial charge in [-0.15, -0.1) is 0 Å². The summed E-state index contributed by atoms with van der Waals surface area (Å²) in [4.78, 5) is 37.3. The number of ether oxygens (including phenoxy) is 1. The van der Waals surface area contributed by atoms with E-state index in [1.165, 1.54) is 0 Å². The van der Waals surface area contributed by atoms with Gasteiger partial charge in [0.15, 0.2) is 17.0 Å². The molecule has 1 aromatic carbocycles. The number of piperidine rings is 1. The number of aryl methyl sites for hydroxylation is 2. The fraction of sp³-hybridized carbons (Fsp3) is 0.536. The van der Waals surface area contributed by atoms with Crippen molar-refractivity contribution < 1.29 is 13.9 Å². The fourth-order valence-electron chi connectivity index (χ4n) is 5.72. The van der Waals surface area contributed by atoms with Crippen molar-refractivity contribution in [1.29, 1.82) is 0 Å². The summed E-state index contributed by atoms with van der Waals surface area (Å²) in [6.45, 7) is 8.70. The number of rotatable bonds is 5. The Balaban J connectivity index is 1.49. The first-order chi connectivity index (χ1) is 18.8. The molecule has 1 unspecified atom stereocenters. The lowest BCUT2D eigenvalue weighted by Gasteiger charge is -2.37. The van der Waals surface area contributed by atoms with Crippen LogP contribution in [0, 0.1) is 5.92 Å². The summed E-state index contributed by atoms with van der Waals surface area (Å²) in [5.41, 5.74) is 1.60. The number of aromatic nitrogens is 6. The zero-order valence-electron chi connectivity index (χ0n) is 23.0. The van der Waals surface area contributed by atoms with Crippen molar-refractivity contribution in [3.63, 3.8) is 0 Å². The van der Waals surface area contributed by atoms with Crippen LogP contribution in [0.2, 0.25) is 0 Å². The molecule has 206 valence electrons. The predicted molar refractivity (Wildman–Crippen MR) is 147 cm³/mol. The standard InChI is InChI=1S/C28H35FN8O2/c1-5-21-30-19-10-6-7-11-20(19)37(21)27-32-23-22(24(33-27)35-13-15-39-16-14-35)31-25(34(23)4)26(38)36-12-8-9-18(17-36)28(2,3)29/h6-7,10-11,18H,5,8-9,12-17H2,1-4H3. The van der Waals surface area contributed by atoms with Crippen molar-refractivity contribution in [2.75, 3.05) is 44.3 Å². The zero-order valence-corrected chi connectivity index (χ0v) is 23.0. The van der Waals surface area contributed by atoms with E-state index < -0.39 is 5.67 Å². The Morgan fingerprint density at radius 1 is 1.10 bits per heavy atom. The topological polar surface area (TPSA) is 94.2 Å². The van der Waals surface area contributed by atoms with Crippen molar-refractivity contribution in [2.24, 2.45) is 13.0 Å². The first-order valence-corrected chi connectivity index (χ1v) is 13.8. The summed E-state index contributed by atoms with van der Waals surface area (Å²) in [6.07, 6.45) is 2.24. The highest BCUT2D eigenvalue weighted by Gasteiger charge is 2.36. The molecule has 1 amide bonds. The number of fused-ring (bicyclic) bond motifs is 2. The molecule has 11 heteroatoms. The van der Waals surface area contributed by atoms with Crippen LogP contribution in [0.25, 0.3) is 28.1 Å². The molecule has 0 radical (unpaired) electrons. The number of hydrogen-bond donors (Lipinski definition) is 0. The van der Waals surface area contributed by atoms with Gasteiger partial charge >= 0.3 is 0 Å². The van der Waals surface area contributed by atoms with E-state index in [0.29, 0.717) is 68.7 Å². The lowest BCUT2D eigenvalue weighted by atomic mass is 9.85. The molecule has 2 aliphatic rings. The Morgan fingerprint density at radius 3 is 2.62 bits per heavy atom. The molecule has 5 heterocycles. The number of likely N-dealkylation sites (tertiary alicyclic amines) is 1. The Labute approximate surface area is 226 Å². The van der Waals surface area contributed by atoms with Crippen molar-refractivity contribution in [2.45, 2.75) is 45.7 Å². The maximum atomic E-state index is 14.8. The van der Waals surface area contributed by atoms with Crippen LogP contribution in [0.4, 0.5) is 10.2 Å². The number of morpholine rings is 1. The van der Waals surface area contributed by atoms with E-state index in [1.54, 1.807) is 23.3 Å². The van der Waals surface area contributed by atoms with Gasteiger partial charge in [-0.2, -0.15) is 9.97 Å². The molecular formula is C28H35FN8O2. The van der Waals surface area contributed by atoms with Crippen LogP contribution in [-0.4, -0.2) is 84.9 Å². The summed E-state index contributed by atoms with van der Waals surface area (Å²) in [5.74, 6) is 1.90. The number of anilines is 1. The van der Waals surface area contributed by atoms with Crippen LogP contribution >= 0.6 is 0 Å². The van der Waals surface area contributed by atoms with Gasteiger partial charge in [-0.3, -0.25) is 9.36 Å². The number of nitrogens with zero attached hydrogens (tertiary/aromatic N) is 8. The van der Waals surface area contributed by atoms with Crippen LogP contribution in [-0.2, 0) is 18.2 Å². The van der Waals surface area contributed by atoms with E-state index in [1.807, 2.05) is 35.9 Å². The van der Waals surface area contributed by atoms with Gasteiger partial charge in [-0.05, 0) is 38.8 Å².